The van der Waals surface area contributed by atoms with Crippen molar-refractivity contribution in [2.24, 2.45) is 10.4 Å². The minimum atomic E-state index is 0.343. The lowest BCUT2D eigenvalue weighted by Crippen LogP contribution is -2.46. The quantitative estimate of drug-likeness (QED) is 0.461. The Bertz CT molecular complexity index is 583. The third kappa shape index (κ3) is 5.92. The highest BCUT2D eigenvalue weighted by Crippen LogP contribution is 2.44. The second-order valence-electron chi connectivity index (χ2n) is 7.85. The molecule has 0 aromatic carbocycles. The zero-order valence-electron chi connectivity index (χ0n) is 17.4. The molecule has 2 N–H and O–H groups in total. The fourth-order valence-corrected chi connectivity index (χ4v) is 4.90. The van der Waals surface area contributed by atoms with Gasteiger partial charge in [0.15, 0.2) is 5.96 Å². The maximum absolute atomic E-state index is 5.55. The first-order valence-corrected chi connectivity index (χ1v) is 11.5. The standard InChI is InChI=1S/C21H36N4O2S/c1-3-22-20(24-17-21(7-5-8-21)9-12-26-2)23-16-18(19-6-4-15-28-19)25-10-13-27-14-11-25/h4,6,15,18H,3,5,7-14,16-17H2,1-2H3,(H2,22,23,24). The fourth-order valence-electron chi connectivity index (χ4n) is 4.04. The van der Waals surface area contributed by atoms with Gasteiger partial charge in [0.25, 0.3) is 0 Å². The number of nitrogens with one attached hydrogen (secondary N) is 2. The highest BCUT2D eigenvalue weighted by atomic mass is 32.1. The van der Waals surface area contributed by atoms with E-state index in [1.54, 1.807) is 7.11 Å². The normalized spacial score (nSPS) is 21.1. The largest absolute Gasteiger partial charge is 0.385 e. The zero-order valence-corrected chi connectivity index (χ0v) is 18.2. The van der Waals surface area contributed by atoms with Crippen molar-refractivity contribution >= 4 is 17.3 Å². The summed E-state index contributed by atoms with van der Waals surface area (Å²) in [6.07, 6.45) is 4.97. The molecule has 3 rings (SSSR count). The smallest absolute Gasteiger partial charge is 0.191 e. The molecule has 1 saturated heterocycles. The summed E-state index contributed by atoms with van der Waals surface area (Å²) in [6.45, 7) is 9.17. The zero-order chi connectivity index (χ0) is 19.7. The van der Waals surface area contributed by atoms with Crippen LogP contribution in [0.4, 0.5) is 0 Å². The molecule has 1 aliphatic carbocycles. The van der Waals surface area contributed by atoms with Gasteiger partial charge in [0.1, 0.15) is 0 Å². The van der Waals surface area contributed by atoms with Gasteiger partial charge in [-0.3, -0.25) is 9.89 Å². The van der Waals surface area contributed by atoms with Gasteiger partial charge in [0.2, 0.25) is 0 Å². The Morgan fingerprint density at radius 3 is 2.79 bits per heavy atom. The molecule has 1 unspecified atom stereocenters. The molecule has 1 aliphatic heterocycles. The van der Waals surface area contributed by atoms with Gasteiger partial charge in [0, 0.05) is 51.3 Å². The van der Waals surface area contributed by atoms with Gasteiger partial charge in [-0.25, -0.2) is 0 Å². The minimum Gasteiger partial charge on any atom is -0.385 e. The van der Waals surface area contributed by atoms with E-state index in [-0.39, 0.29) is 0 Å². The van der Waals surface area contributed by atoms with E-state index in [2.05, 4.69) is 40.0 Å². The van der Waals surface area contributed by atoms with Crippen LogP contribution in [-0.2, 0) is 9.47 Å². The Balaban J connectivity index is 1.61. The maximum Gasteiger partial charge on any atom is 0.191 e. The average molecular weight is 409 g/mol. The highest BCUT2D eigenvalue weighted by molar-refractivity contribution is 7.10. The van der Waals surface area contributed by atoms with E-state index < -0.39 is 0 Å². The van der Waals surface area contributed by atoms with Gasteiger partial charge in [-0.2, -0.15) is 0 Å². The lowest BCUT2D eigenvalue weighted by atomic mass is 9.67. The van der Waals surface area contributed by atoms with Gasteiger partial charge < -0.3 is 20.1 Å². The molecule has 158 valence electrons. The molecule has 0 amide bonds. The van der Waals surface area contributed by atoms with E-state index in [9.17, 15) is 0 Å². The van der Waals surface area contributed by atoms with Crippen molar-refractivity contribution in [3.8, 4) is 0 Å². The molecule has 28 heavy (non-hydrogen) atoms. The highest BCUT2D eigenvalue weighted by Gasteiger charge is 2.36. The van der Waals surface area contributed by atoms with Crippen LogP contribution in [0.2, 0.25) is 0 Å². The summed E-state index contributed by atoms with van der Waals surface area (Å²) in [7, 11) is 1.79. The number of guanidine groups is 1. The van der Waals surface area contributed by atoms with E-state index in [0.717, 1.165) is 64.9 Å². The summed E-state index contributed by atoms with van der Waals surface area (Å²) in [4.78, 5) is 8.89. The second-order valence-corrected chi connectivity index (χ2v) is 8.83. The van der Waals surface area contributed by atoms with Crippen LogP contribution in [0, 0.1) is 5.41 Å². The number of aliphatic imine (C=N–C) groups is 1. The molecule has 0 bridgehead atoms. The van der Waals surface area contributed by atoms with Crippen molar-refractivity contribution in [1.29, 1.82) is 0 Å². The molecule has 2 fully saturated rings. The monoisotopic (exact) mass is 408 g/mol. The molecule has 1 saturated carbocycles. The third-order valence-corrected chi connectivity index (χ3v) is 6.96. The summed E-state index contributed by atoms with van der Waals surface area (Å²) in [6, 6.07) is 4.74. The van der Waals surface area contributed by atoms with Crippen molar-refractivity contribution in [2.45, 2.75) is 38.6 Å². The lowest BCUT2D eigenvalue weighted by molar-refractivity contribution is 0.0177. The molecule has 6 nitrogen and oxygen atoms in total. The summed E-state index contributed by atoms with van der Waals surface area (Å²) in [5.74, 6) is 0.931. The van der Waals surface area contributed by atoms with Gasteiger partial charge in [-0.1, -0.05) is 12.5 Å². The summed E-state index contributed by atoms with van der Waals surface area (Å²) < 4.78 is 10.9. The van der Waals surface area contributed by atoms with Crippen molar-refractivity contribution < 1.29 is 9.47 Å². The number of hydrogen-bond acceptors (Lipinski definition) is 5. The van der Waals surface area contributed by atoms with E-state index in [4.69, 9.17) is 14.5 Å². The number of hydrogen-bond donors (Lipinski definition) is 2. The van der Waals surface area contributed by atoms with Crippen molar-refractivity contribution in [2.75, 3.05) is 59.7 Å². The van der Waals surface area contributed by atoms with Crippen LogP contribution in [0.15, 0.2) is 22.5 Å². The van der Waals surface area contributed by atoms with E-state index in [1.165, 1.54) is 24.1 Å². The molecule has 1 aromatic heterocycles. The number of thiophene rings is 1. The van der Waals surface area contributed by atoms with Crippen LogP contribution in [0.3, 0.4) is 0 Å². The van der Waals surface area contributed by atoms with Crippen LogP contribution in [0.25, 0.3) is 0 Å². The van der Waals surface area contributed by atoms with Gasteiger partial charge >= 0.3 is 0 Å². The Kier molecular flexibility index (Phi) is 8.58. The summed E-state index contributed by atoms with van der Waals surface area (Å²) in [5, 5.41) is 9.21. The van der Waals surface area contributed by atoms with Crippen LogP contribution in [0.1, 0.15) is 43.5 Å². The van der Waals surface area contributed by atoms with Crippen molar-refractivity contribution in [1.82, 2.24) is 15.5 Å². The summed E-state index contributed by atoms with van der Waals surface area (Å²) >= 11 is 1.83. The lowest BCUT2D eigenvalue weighted by Gasteiger charge is -2.41. The summed E-state index contributed by atoms with van der Waals surface area (Å²) in [5.41, 5.74) is 0.343. The molecule has 2 aliphatic rings. The van der Waals surface area contributed by atoms with E-state index >= 15 is 0 Å². The van der Waals surface area contributed by atoms with Crippen LogP contribution in [0.5, 0.6) is 0 Å². The first-order chi connectivity index (χ1) is 13.8. The van der Waals surface area contributed by atoms with Crippen molar-refractivity contribution in [3.63, 3.8) is 0 Å². The SMILES string of the molecule is CCNC(=NCC1(CCOC)CCC1)NCC(c1cccs1)N1CCOCC1. The first-order valence-electron chi connectivity index (χ1n) is 10.6. The van der Waals surface area contributed by atoms with Crippen molar-refractivity contribution in [3.05, 3.63) is 22.4 Å². The van der Waals surface area contributed by atoms with Gasteiger partial charge in [-0.05, 0) is 43.0 Å². The minimum absolute atomic E-state index is 0.343. The Morgan fingerprint density at radius 2 is 2.18 bits per heavy atom. The average Bonchev–Trinajstić information content (AvgIpc) is 3.22. The molecule has 1 aromatic rings. The topological polar surface area (TPSA) is 58.1 Å². The third-order valence-electron chi connectivity index (χ3n) is 5.99. The molecule has 2 heterocycles. The Hall–Kier alpha value is -1.15. The van der Waals surface area contributed by atoms with Crippen LogP contribution in [-0.4, -0.2) is 70.5 Å². The Morgan fingerprint density at radius 1 is 1.36 bits per heavy atom. The predicted octanol–water partition coefficient (Wildman–Crippen LogP) is 2.88. The first kappa shape index (κ1) is 21.6. The van der Waals surface area contributed by atoms with Crippen LogP contribution >= 0.6 is 11.3 Å². The maximum atomic E-state index is 5.55. The molecular weight excluding hydrogens is 372 g/mol. The second kappa shape index (κ2) is 11.1. The van der Waals surface area contributed by atoms with E-state index in [0.29, 0.717) is 11.5 Å². The number of ether oxygens (including phenoxy) is 2. The van der Waals surface area contributed by atoms with Gasteiger partial charge in [-0.15, -0.1) is 11.3 Å². The number of rotatable bonds is 10. The number of methoxy groups -OCH3 is 1. The Labute approximate surface area is 173 Å². The molecule has 1 atom stereocenters. The fraction of sp³-hybridized carbons (Fsp3) is 0.762. The molecule has 0 spiro atoms. The molecule has 0 radical (unpaired) electrons. The number of nitrogens with zero attached hydrogens (tertiary/aromatic N) is 2. The predicted molar refractivity (Wildman–Crippen MR) is 116 cm³/mol. The van der Waals surface area contributed by atoms with E-state index in [1.807, 2.05) is 11.3 Å². The molecule has 7 heteroatoms. The van der Waals surface area contributed by atoms with Crippen LogP contribution < -0.4 is 10.6 Å². The number of morpholine rings is 1. The van der Waals surface area contributed by atoms with Gasteiger partial charge in [0.05, 0.1) is 19.3 Å². The molecular formula is C21H36N4O2S.